The molecule has 3 nitrogen and oxygen atoms in total. The summed E-state index contributed by atoms with van der Waals surface area (Å²) in [6.07, 6.45) is 0. The Labute approximate surface area is 122 Å². The predicted molar refractivity (Wildman–Crippen MR) is 79.8 cm³/mol. The lowest BCUT2D eigenvalue weighted by Gasteiger charge is -2.26. The summed E-state index contributed by atoms with van der Waals surface area (Å²) in [5.74, 6) is -0.160. The van der Waals surface area contributed by atoms with Gasteiger partial charge in [0.15, 0.2) is 0 Å². The summed E-state index contributed by atoms with van der Waals surface area (Å²) in [5.41, 5.74) is 0.576. The van der Waals surface area contributed by atoms with Gasteiger partial charge in [-0.05, 0) is 26.5 Å². The molecule has 3 unspecified atom stereocenters. The molecule has 0 aliphatic carbocycles. The third kappa shape index (κ3) is 3.03. The quantitative estimate of drug-likeness (QED) is 0.358. The van der Waals surface area contributed by atoms with E-state index in [9.17, 15) is 4.79 Å². The Bertz CT molecular complexity index is 433. The lowest BCUT2D eigenvalue weighted by molar-refractivity contribution is -0.156. The standard InChI is InChI=1S/C14H18INO2/c1-14(2,11-9-16(11)3)18-13(17)12(15)10-7-5-4-6-8-10/h4-8,11-12H,9H2,1-3H3. The monoisotopic (exact) mass is 359 g/mol. The maximum absolute atomic E-state index is 12.1. The molecule has 0 spiro atoms. The van der Waals surface area contributed by atoms with Crippen molar-refractivity contribution in [2.75, 3.05) is 13.6 Å². The highest BCUT2D eigenvalue weighted by molar-refractivity contribution is 14.1. The van der Waals surface area contributed by atoms with E-state index in [0.29, 0.717) is 6.04 Å². The number of rotatable bonds is 4. The number of hydrogen-bond donors (Lipinski definition) is 0. The van der Waals surface area contributed by atoms with Crippen molar-refractivity contribution in [1.82, 2.24) is 4.90 Å². The van der Waals surface area contributed by atoms with E-state index >= 15 is 0 Å². The molecule has 1 fully saturated rings. The molecule has 4 heteroatoms. The number of benzene rings is 1. The summed E-state index contributed by atoms with van der Waals surface area (Å²) >= 11 is 2.13. The van der Waals surface area contributed by atoms with E-state index in [1.807, 2.05) is 51.2 Å². The van der Waals surface area contributed by atoms with Gasteiger partial charge in [-0.3, -0.25) is 9.69 Å². The highest BCUT2D eigenvalue weighted by Crippen LogP contribution is 2.33. The number of carbonyl (C=O) groups is 1. The molecule has 1 aliphatic heterocycles. The molecule has 98 valence electrons. The third-order valence-electron chi connectivity index (χ3n) is 3.32. The van der Waals surface area contributed by atoms with Gasteiger partial charge in [0.05, 0.1) is 6.04 Å². The van der Waals surface area contributed by atoms with Crippen molar-refractivity contribution in [2.24, 2.45) is 0 Å². The van der Waals surface area contributed by atoms with E-state index < -0.39 is 5.60 Å². The first-order chi connectivity index (χ1) is 8.42. The number of ether oxygens (including phenoxy) is 1. The average Bonchev–Trinajstić information content (AvgIpc) is 3.07. The highest BCUT2D eigenvalue weighted by atomic mass is 127. The van der Waals surface area contributed by atoms with E-state index in [1.165, 1.54) is 0 Å². The van der Waals surface area contributed by atoms with Crippen LogP contribution in [0.25, 0.3) is 0 Å². The van der Waals surface area contributed by atoms with Crippen molar-refractivity contribution in [3.8, 4) is 0 Å². The predicted octanol–water partition coefficient (Wildman–Crippen LogP) is 2.80. The van der Waals surface area contributed by atoms with Gasteiger partial charge in [0.25, 0.3) is 0 Å². The van der Waals surface area contributed by atoms with Crippen LogP contribution in [0.3, 0.4) is 0 Å². The molecule has 2 rings (SSSR count). The molecule has 0 aromatic heterocycles. The number of alkyl halides is 1. The topological polar surface area (TPSA) is 29.3 Å². The summed E-state index contributed by atoms with van der Waals surface area (Å²) in [4.78, 5) is 14.3. The molecule has 0 radical (unpaired) electrons. The maximum atomic E-state index is 12.1. The molecule has 0 bridgehead atoms. The van der Waals surface area contributed by atoms with Crippen LogP contribution in [0.1, 0.15) is 23.3 Å². The van der Waals surface area contributed by atoms with Gasteiger partial charge in [0.1, 0.15) is 9.53 Å². The number of nitrogens with zero attached hydrogens (tertiary/aromatic N) is 1. The largest absolute Gasteiger partial charge is 0.457 e. The fourth-order valence-corrected chi connectivity index (χ4v) is 2.66. The fourth-order valence-electron chi connectivity index (χ4n) is 2.11. The van der Waals surface area contributed by atoms with Crippen LogP contribution in [0.2, 0.25) is 0 Å². The first-order valence-electron chi connectivity index (χ1n) is 6.04. The fraction of sp³-hybridized carbons (Fsp3) is 0.500. The second-order valence-corrected chi connectivity index (χ2v) is 6.50. The van der Waals surface area contributed by atoms with E-state index in [1.54, 1.807) is 0 Å². The first-order valence-corrected chi connectivity index (χ1v) is 7.28. The smallest absolute Gasteiger partial charge is 0.324 e. The number of halogens is 1. The zero-order valence-corrected chi connectivity index (χ0v) is 13.0. The van der Waals surface area contributed by atoms with Crippen LogP contribution < -0.4 is 0 Å². The summed E-state index contributed by atoms with van der Waals surface area (Å²) in [5, 5.41) is 0. The Morgan fingerprint density at radius 2 is 2.00 bits per heavy atom. The zero-order valence-electron chi connectivity index (χ0n) is 10.9. The Morgan fingerprint density at radius 3 is 2.50 bits per heavy atom. The van der Waals surface area contributed by atoms with Crippen LogP contribution in [-0.4, -0.2) is 36.1 Å². The molecule has 18 heavy (non-hydrogen) atoms. The minimum absolute atomic E-state index is 0.160. The van der Waals surface area contributed by atoms with Crippen molar-refractivity contribution < 1.29 is 9.53 Å². The van der Waals surface area contributed by atoms with Crippen LogP contribution in [-0.2, 0) is 9.53 Å². The van der Waals surface area contributed by atoms with E-state index in [0.717, 1.165) is 12.1 Å². The number of esters is 1. The van der Waals surface area contributed by atoms with E-state index in [-0.39, 0.29) is 9.89 Å². The molecule has 3 atom stereocenters. The SMILES string of the molecule is CN1CC1C(C)(C)OC(=O)C(I)c1ccccc1. The molecule has 1 aromatic carbocycles. The molecule has 1 saturated heterocycles. The molecule has 0 saturated carbocycles. The Morgan fingerprint density at radius 1 is 1.44 bits per heavy atom. The van der Waals surface area contributed by atoms with Gasteiger partial charge < -0.3 is 4.74 Å². The van der Waals surface area contributed by atoms with Crippen LogP contribution in [0.5, 0.6) is 0 Å². The van der Waals surface area contributed by atoms with Gasteiger partial charge in [-0.25, -0.2) is 0 Å². The van der Waals surface area contributed by atoms with Gasteiger partial charge in [-0.2, -0.15) is 0 Å². The molecular formula is C14H18INO2. The van der Waals surface area contributed by atoms with Crippen molar-refractivity contribution in [1.29, 1.82) is 0 Å². The molecule has 0 amide bonds. The Kier molecular flexibility index (Phi) is 3.96. The first kappa shape index (κ1) is 13.8. The normalized spacial score (nSPS) is 24.4. The Balaban J connectivity index is 2.00. The highest BCUT2D eigenvalue weighted by Gasteiger charge is 2.46. The van der Waals surface area contributed by atoms with Crippen LogP contribution in [0.15, 0.2) is 30.3 Å². The maximum Gasteiger partial charge on any atom is 0.324 e. The van der Waals surface area contributed by atoms with Gasteiger partial charge >= 0.3 is 5.97 Å². The van der Waals surface area contributed by atoms with Crippen LogP contribution in [0, 0.1) is 0 Å². The zero-order chi connectivity index (χ0) is 13.3. The summed E-state index contributed by atoms with van der Waals surface area (Å²) in [7, 11) is 2.04. The second-order valence-electron chi connectivity index (χ2n) is 5.25. The van der Waals surface area contributed by atoms with Gasteiger partial charge in [-0.1, -0.05) is 52.9 Å². The second kappa shape index (κ2) is 5.17. The molecule has 0 N–H and O–H groups in total. The molecule has 1 aromatic rings. The van der Waals surface area contributed by atoms with Gasteiger partial charge in [0.2, 0.25) is 0 Å². The minimum Gasteiger partial charge on any atom is -0.457 e. The van der Waals surface area contributed by atoms with Crippen molar-refractivity contribution >= 4 is 28.6 Å². The van der Waals surface area contributed by atoms with Crippen LogP contribution in [0.4, 0.5) is 0 Å². The Hall–Kier alpha value is -0.620. The number of likely N-dealkylation sites (N-methyl/N-ethyl adjacent to an activating group) is 1. The lowest BCUT2D eigenvalue weighted by atomic mass is 10.1. The van der Waals surface area contributed by atoms with Crippen LogP contribution >= 0.6 is 22.6 Å². The summed E-state index contributed by atoms with van der Waals surface area (Å²) in [6, 6.07) is 10.1. The average molecular weight is 359 g/mol. The van der Waals surface area contributed by atoms with Gasteiger partial charge in [-0.15, -0.1) is 0 Å². The van der Waals surface area contributed by atoms with Crippen molar-refractivity contribution in [3.63, 3.8) is 0 Å². The van der Waals surface area contributed by atoms with Gasteiger partial charge in [0, 0.05) is 6.54 Å². The van der Waals surface area contributed by atoms with E-state index in [4.69, 9.17) is 4.74 Å². The molecule has 1 heterocycles. The van der Waals surface area contributed by atoms with E-state index in [2.05, 4.69) is 27.5 Å². The number of carbonyl (C=O) groups excluding carboxylic acids is 1. The third-order valence-corrected chi connectivity index (χ3v) is 4.55. The minimum atomic E-state index is -0.413. The summed E-state index contributed by atoms with van der Waals surface area (Å²) in [6.45, 7) is 4.96. The van der Waals surface area contributed by atoms with Crippen molar-refractivity contribution in [3.05, 3.63) is 35.9 Å². The molecular weight excluding hydrogens is 341 g/mol. The lowest BCUT2D eigenvalue weighted by Crippen LogP contribution is -2.36. The number of hydrogen-bond acceptors (Lipinski definition) is 3. The molecule has 1 aliphatic rings. The summed E-state index contributed by atoms with van der Waals surface area (Å²) < 4.78 is 5.42. The van der Waals surface area contributed by atoms with Crippen molar-refractivity contribution in [2.45, 2.75) is 29.4 Å².